The van der Waals surface area contributed by atoms with E-state index in [1.54, 1.807) is 0 Å². The van der Waals surface area contributed by atoms with Crippen LogP contribution >= 0.6 is 0 Å². The molecule has 2 nitrogen and oxygen atoms in total. The molecule has 0 amide bonds. The second kappa shape index (κ2) is 5.23. The first-order valence-corrected chi connectivity index (χ1v) is 7.71. The van der Waals surface area contributed by atoms with Crippen molar-refractivity contribution in [2.24, 2.45) is 0 Å². The SMILES string of the molecule is CCCC(C)(C)c1ccc2nc(C(C)(C)CC)oc2c1. The van der Waals surface area contributed by atoms with Crippen molar-refractivity contribution in [3.8, 4) is 0 Å². The van der Waals surface area contributed by atoms with Crippen LogP contribution in [-0.4, -0.2) is 4.98 Å². The Morgan fingerprint density at radius 2 is 1.75 bits per heavy atom. The van der Waals surface area contributed by atoms with E-state index < -0.39 is 0 Å². The lowest BCUT2D eigenvalue weighted by molar-refractivity contribution is 0.373. The Labute approximate surface area is 122 Å². The molecule has 1 aromatic carbocycles. The Bertz CT molecular complexity index is 592. The molecule has 2 rings (SSSR count). The molecule has 0 saturated heterocycles. The lowest BCUT2D eigenvalue weighted by Crippen LogP contribution is -2.16. The summed E-state index contributed by atoms with van der Waals surface area (Å²) in [5.41, 5.74) is 3.42. The van der Waals surface area contributed by atoms with Gasteiger partial charge in [0.2, 0.25) is 5.89 Å². The van der Waals surface area contributed by atoms with Gasteiger partial charge in [0.25, 0.3) is 0 Å². The minimum atomic E-state index is -0.00187. The molecule has 110 valence electrons. The summed E-state index contributed by atoms with van der Waals surface area (Å²) >= 11 is 0. The van der Waals surface area contributed by atoms with E-state index in [-0.39, 0.29) is 10.8 Å². The van der Waals surface area contributed by atoms with Crippen LogP contribution in [0.25, 0.3) is 11.1 Å². The van der Waals surface area contributed by atoms with Crippen molar-refractivity contribution in [3.05, 3.63) is 29.7 Å². The summed E-state index contributed by atoms with van der Waals surface area (Å²) in [6.45, 7) is 13.4. The molecule has 2 heteroatoms. The number of hydrogen-bond donors (Lipinski definition) is 0. The molecule has 0 radical (unpaired) electrons. The van der Waals surface area contributed by atoms with Crippen molar-refractivity contribution in [3.63, 3.8) is 0 Å². The molecule has 1 aromatic heterocycles. The molecule has 0 spiro atoms. The largest absolute Gasteiger partial charge is 0.440 e. The van der Waals surface area contributed by atoms with Gasteiger partial charge in [-0.3, -0.25) is 0 Å². The van der Waals surface area contributed by atoms with Gasteiger partial charge in [-0.2, -0.15) is 0 Å². The van der Waals surface area contributed by atoms with E-state index in [2.05, 4.69) is 64.7 Å². The van der Waals surface area contributed by atoms with Crippen LogP contribution in [-0.2, 0) is 10.8 Å². The van der Waals surface area contributed by atoms with Crippen LogP contribution < -0.4 is 0 Å². The van der Waals surface area contributed by atoms with Gasteiger partial charge in [0.1, 0.15) is 5.52 Å². The van der Waals surface area contributed by atoms with Crippen LogP contribution in [0.3, 0.4) is 0 Å². The molecule has 0 bridgehead atoms. The van der Waals surface area contributed by atoms with Crippen molar-refractivity contribution < 1.29 is 4.42 Å². The lowest BCUT2D eigenvalue weighted by atomic mass is 9.81. The Hall–Kier alpha value is -1.31. The molecule has 0 fully saturated rings. The molecule has 0 aliphatic carbocycles. The third-order valence-electron chi connectivity index (χ3n) is 4.51. The molecule has 1 heterocycles. The maximum absolute atomic E-state index is 6.03. The van der Waals surface area contributed by atoms with Gasteiger partial charge in [-0.1, -0.05) is 54.0 Å². The van der Waals surface area contributed by atoms with E-state index in [4.69, 9.17) is 4.42 Å². The Balaban J connectivity index is 2.45. The Morgan fingerprint density at radius 3 is 2.35 bits per heavy atom. The third kappa shape index (κ3) is 2.74. The highest BCUT2D eigenvalue weighted by Gasteiger charge is 2.26. The van der Waals surface area contributed by atoms with E-state index in [1.165, 1.54) is 18.4 Å². The molecule has 0 saturated carbocycles. The molecule has 0 aliphatic heterocycles. The molecule has 0 unspecified atom stereocenters. The number of hydrogen-bond acceptors (Lipinski definition) is 2. The fourth-order valence-electron chi connectivity index (χ4n) is 2.56. The van der Waals surface area contributed by atoms with Gasteiger partial charge in [-0.05, 0) is 36.0 Å². The molecule has 2 aromatic rings. The molecule has 20 heavy (non-hydrogen) atoms. The van der Waals surface area contributed by atoms with Gasteiger partial charge in [0.05, 0.1) is 0 Å². The smallest absolute Gasteiger partial charge is 0.201 e. The molecule has 0 aliphatic rings. The quantitative estimate of drug-likeness (QED) is 0.709. The van der Waals surface area contributed by atoms with E-state index >= 15 is 0 Å². The fraction of sp³-hybridized carbons (Fsp3) is 0.611. The highest BCUT2D eigenvalue weighted by atomic mass is 16.3. The first-order valence-electron chi connectivity index (χ1n) is 7.71. The number of fused-ring (bicyclic) bond motifs is 1. The van der Waals surface area contributed by atoms with Gasteiger partial charge in [0.15, 0.2) is 5.58 Å². The van der Waals surface area contributed by atoms with Gasteiger partial charge < -0.3 is 4.42 Å². The van der Waals surface area contributed by atoms with Crippen LogP contribution in [0.4, 0.5) is 0 Å². The zero-order valence-electron chi connectivity index (χ0n) is 13.7. The number of benzene rings is 1. The zero-order valence-corrected chi connectivity index (χ0v) is 13.7. The highest BCUT2D eigenvalue weighted by molar-refractivity contribution is 5.74. The summed E-state index contributed by atoms with van der Waals surface area (Å²) in [5, 5.41) is 0. The van der Waals surface area contributed by atoms with E-state index in [0.29, 0.717) is 0 Å². The Kier molecular flexibility index (Phi) is 3.95. The second-order valence-electron chi connectivity index (χ2n) is 7.07. The minimum absolute atomic E-state index is 0.00187. The predicted molar refractivity (Wildman–Crippen MR) is 85.3 cm³/mol. The van der Waals surface area contributed by atoms with Crippen LogP contribution in [0.5, 0.6) is 0 Å². The van der Waals surface area contributed by atoms with Crippen molar-refractivity contribution in [2.75, 3.05) is 0 Å². The van der Waals surface area contributed by atoms with Gasteiger partial charge in [-0.25, -0.2) is 4.98 Å². The third-order valence-corrected chi connectivity index (χ3v) is 4.51. The molecular formula is C18H27NO. The first-order chi connectivity index (χ1) is 9.30. The number of rotatable bonds is 5. The summed E-state index contributed by atoms with van der Waals surface area (Å²) in [7, 11) is 0. The van der Waals surface area contributed by atoms with E-state index in [1.807, 2.05) is 0 Å². The number of nitrogens with zero attached hydrogens (tertiary/aromatic N) is 1. The average Bonchev–Trinajstić information content (AvgIpc) is 2.82. The van der Waals surface area contributed by atoms with Gasteiger partial charge >= 0.3 is 0 Å². The second-order valence-corrected chi connectivity index (χ2v) is 7.07. The van der Waals surface area contributed by atoms with Crippen LogP contribution in [0, 0.1) is 0 Å². The normalized spacial score (nSPS) is 13.1. The number of aromatic nitrogens is 1. The topological polar surface area (TPSA) is 26.0 Å². The van der Waals surface area contributed by atoms with Crippen molar-refractivity contribution in [1.82, 2.24) is 4.98 Å². The molecular weight excluding hydrogens is 246 g/mol. The first kappa shape index (κ1) is 15.1. The van der Waals surface area contributed by atoms with E-state index in [9.17, 15) is 0 Å². The fourth-order valence-corrected chi connectivity index (χ4v) is 2.56. The average molecular weight is 273 g/mol. The summed E-state index contributed by atoms with van der Waals surface area (Å²) in [6.07, 6.45) is 3.39. The Morgan fingerprint density at radius 1 is 1.05 bits per heavy atom. The highest BCUT2D eigenvalue weighted by Crippen LogP contribution is 2.33. The summed E-state index contributed by atoms with van der Waals surface area (Å²) in [6, 6.07) is 6.47. The zero-order chi connectivity index (χ0) is 15.0. The van der Waals surface area contributed by atoms with Crippen LogP contribution in [0.1, 0.15) is 72.3 Å². The van der Waals surface area contributed by atoms with E-state index in [0.717, 1.165) is 23.4 Å². The predicted octanol–water partition coefficient (Wildman–Crippen LogP) is 5.59. The van der Waals surface area contributed by atoms with Crippen molar-refractivity contribution >= 4 is 11.1 Å². The van der Waals surface area contributed by atoms with Gasteiger partial charge in [-0.15, -0.1) is 0 Å². The molecule has 0 N–H and O–H groups in total. The monoisotopic (exact) mass is 273 g/mol. The maximum Gasteiger partial charge on any atom is 0.201 e. The summed E-state index contributed by atoms with van der Waals surface area (Å²) in [5.74, 6) is 0.848. The van der Waals surface area contributed by atoms with Crippen molar-refractivity contribution in [2.45, 2.75) is 71.6 Å². The van der Waals surface area contributed by atoms with Crippen LogP contribution in [0.2, 0.25) is 0 Å². The maximum atomic E-state index is 6.03. The molecule has 0 atom stereocenters. The van der Waals surface area contributed by atoms with Crippen molar-refractivity contribution in [1.29, 1.82) is 0 Å². The van der Waals surface area contributed by atoms with Crippen LogP contribution in [0.15, 0.2) is 22.6 Å². The summed E-state index contributed by atoms with van der Waals surface area (Å²) in [4.78, 5) is 4.66. The van der Waals surface area contributed by atoms with Gasteiger partial charge in [0, 0.05) is 5.41 Å². The summed E-state index contributed by atoms with van der Waals surface area (Å²) < 4.78 is 6.03. The lowest BCUT2D eigenvalue weighted by Gasteiger charge is -2.24. The number of oxazole rings is 1. The standard InChI is InChI=1S/C18H27NO/c1-7-11-18(5,6)13-9-10-14-15(12-13)20-16(19-14)17(3,4)8-2/h9-10,12H,7-8,11H2,1-6H3. The minimum Gasteiger partial charge on any atom is -0.440 e.